The molecular weight excluding hydrogens is 298 g/mol. The third-order valence-corrected chi connectivity index (χ3v) is 4.06. The van der Waals surface area contributed by atoms with Crippen LogP contribution in [0.25, 0.3) is 0 Å². The molecule has 3 nitrogen and oxygen atoms in total. The van der Waals surface area contributed by atoms with E-state index in [0.717, 1.165) is 30.7 Å². The van der Waals surface area contributed by atoms with Crippen LogP contribution in [0.3, 0.4) is 0 Å². The van der Waals surface area contributed by atoms with Crippen LogP contribution in [-0.4, -0.2) is 13.0 Å². The van der Waals surface area contributed by atoms with Crippen molar-refractivity contribution in [2.45, 2.75) is 44.9 Å². The number of methoxy groups -OCH3 is 1. The fourth-order valence-corrected chi connectivity index (χ4v) is 2.72. The summed E-state index contributed by atoms with van der Waals surface area (Å²) in [6.45, 7) is 0. The van der Waals surface area contributed by atoms with Crippen molar-refractivity contribution in [2.24, 2.45) is 0 Å². The molecule has 0 aliphatic rings. The van der Waals surface area contributed by atoms with Gasteiger partial charge in [-0.2, -0.15) is 0 Å². The molecule has 2 aromatic carbocycles. The molecule has 0 atom stereocenters. The Labute approximate surface area is 145 Å². The Morgan fingerprint density at radius 3 is 2.46 bits per heavy atom. The second-order valence-electron chi connectivity index (χ2n) is 6.03. The first-order chi connectivity index (χ1) is 11.8. The van der Waals surface area contributed by atoms with Crippen molar-refractivity contribution < 1.29 is 9.53 Å². The number of hydrogen-bond donors (Lipinski definition) is 1. The summed E-state index contributed by atoms with van der Waals surface area (Å²) in [5, 5.41) is 2.93. The lowest BCUT2D eigenvalue weighted by molar-refractivity contribution is -0.116. The molecule has 0 saturated carbocycles. The largest absolute Gasteiger partial charge is 0.497 e. The van der Waals surface area contributed by atoms with E-state index in [4.69, 9.17) is 4.74 Å². The van der Waals surface area contributed by atoms with Crippen LogP contribution >= 0.6 is 0 Å². The van der Waals surface area contributed by atoms with E-state index in [1.165, 1.54) is 24.8 Å². The van der Waals surface area contributed by atoms with Gasteiger partial charge >= 0.3 is 0 Å². The molecule has 0 spiro atoms. The van der Waals surface area contributed by atoms with Crippen molar-refractivity contribution in [1.82, 2.24) is 0 Å². The van der Waals surface area contributed by atoms with Gasteiger partial charge in [0.25, 0.3) is 0 Å². The molecule has 0 aliphatic carbocycles. The van der Waals surface area contributed by atoms with E-state index in [9.17, 15) is 4.79 Å². The fourth-order valence-electron chi connectivity index (χ4n) is 2.72. The van der Waals surface area contributed by atoms with Crippen molar-refractivity contribution in [2.75, 3.05) is 12.4 Å². The van der Waals surface area contributed by atoms with Gasteiger partial charge in [0, 0.05) is 12.1 Å². The Bertz CT molecular complexity index is 610. The first-order valence-corrected chi connectivity index (χ1v) is 8.76. The minimum Gasteiger partial charge on any atom is -0.497 e. The highest BCUT2D eigenvalue weighted by Crippen LogP contribution is 2.16. The average Bonchev–Trinajstić information content (AvgIpc) is 2.62. The van der Waals surface area contributed by atoms with Crippen LogP contribution in [0, 0.1) is 0 Å². The van der Waals surface area contributed by atoms with Gasteiger partial charge in [0.15, 0.2) is 0 Å². The molecule has 0 aliphatic heterocycles. The number of amides is 1. The minimum absolute atomic E-state index is 0.109. The molecule has 24 heavy (non-hydrogen) atoms. The number of benzene rings is 2. The normalized spacial score (nSPS) is 10.4. The van der Waals surface area contributed by atoms with Crippen LogP contribution in [0.4, 0.5) is 5.69 Å². The smallest absolute Gasteiger partial charge is 0.224 e. The number of ether oxygens (including phenoxy) is 1. The molecule has 128 valence electrons. The van der Waals surface area contributed by atoms with E-state index >= 15 is 0 Å². The van der Waals surface area contributed by atoms with Crippen LogP contribution in [0.1, 0.15) is 44.1 Å². The Hall–Kier alpha value is -2.29. The molecule has 1 N–H and O–H groups in total. The highest BCUT2D eigenvalue weighted by molar-refractivity contribution is 5.90. The minimum atomic E-state index is 0.109. The first kappa shape index (κ1) is 18.1. The number of anilines is 1. The molecule has 0 bridgehead atoms. The van der Waals surface area contributed by atoms with Gasteiger partial charge < -0.3 is 10.1 Å². The zero-order valence-electron chi connectivity index (χ0n) is 14.5. The second kappa shape index (κ2) is 10.5. The third-order valence-electron chi connectivity index (χ3n) is 4.06. The molecule has 0 radical (unpaired) electrons. The number of carbonyl (C=O) groups excluding carboxylic acids is 1. The lowest BCUT2D eigenvalue weighted by Crippen LogP contribution is -2.10. The maximum Gasteiger partial charge on any atom is 0.224 e. The molecule has 0 fully saturated rings. The van der Waals surface area contributed by atoms with Crippen LogP contribution in [-0.2, 0) is 11.2 Å². The Kier molecular flexibility index (Phi) is 7.88. The Balaban J connectivity index is 1.51. The molecule has 0 saturated heterocycles. The van der Waals surface area contributed by atoms with Gasteiger partial charge in [-0.3, -0.25) is 4.79 Å². The molecule has 0 aromatic heterocycles. The monoisotopic (exact) mass is 325 g/mol. The quantitative estimate of drug-likeness (QED) is 0.608. The van der Waals surface area contributed by atoms with E-state index < -0.39 is 0 Å². The number of aryl methyl sites for hydroxylation is 1. The lowest BCUT2D eigenvalue weighted by Gasteiger charge is -2.06. The van der Waals surface area contributed by atoms with Gasteiger partial charge in [0.1, 0.15) is 5.75 Å². The van der Waals surface area contributed by atoms with Gasteiger partial charge in [-0.1, -0.05) is 49.6 Å². The Morgan fingerprint density at radius 2 is 1.67 bits per heavy atom. The van der Waals surface area contributed by atoms with Crippen LogP contribution in [0.2, 0.25) is 0 Å². The topological polar surface area (TPSA) is 38.3 Å². The van der Waals surface area contributed by atoms with E-state index in [0.29, 0.717) is 6.42 Å². The summed E-state index contributed by atoms with van der Waals surface area (Å²) >= 11 is 0. The van der Waals surface area contributed by atoms with Crippen LogP contribution in [0.15, 0.2) is 54.6 Å². The summed E-state index contributed by atoms with van der Waals surface area (Å²) < 4.78 is 5.24. The van der Waals surface area contributed by atoms with Crippen molar-refractivity contribution in [1.29, 1.82) is 0 Å². The molecule has 0 unspecified atom stereocenters. The zero-order valence-corrected chi connectivity index (χ0v) is 14.5. The van der Waals surface area contributed by atoms with E-state index in [1.54, 1.807) is 7.11 Å². The fraction of sp³-hybridized carbons (Fsp3) is 0.381. The zero-order chi connectivity index (χ0) is 17.0. The van der Waals surface area contributed by atoms with Crippen molar-refractivity contribution in [3.05, 3.63) is 60.2 Å². The molecule has 1 amide bonds. The predicted octanol–water partition coefficient (Wildman–Crippen LogP) is 5.22. The van der Waals surface area contributed by atoms with Gasteiger partial charge in [0.2, 0.25) is 5.91 Å². The van der Waals surface area contributed by atoms with Crippen molar-refractivity contribution in [3.8, 4) is 5.75 Å². The third kappa shape index (κ3) is 6.86. The first-order valence-electron chi connectivity index (χ1n) is 8.76. The number of nitrogens with one attached hydrogen (secondary N) is 1. The van der Waals surface area contributed by atoms with Crippen molar-refractivity contribution in [3.63, 3.8) is 0 Å². The van der Waals surface area contributed by atoms with Crippen molar-refractivity contribution >= 4 is 11.6 Å². The van der Waals surface area contributed by atoms with Gasteiger partial charge in [-0.05, 0) is 49.1 Å². The number of hydrogen-bond acceptors (Lipinski definition) is 2. The number of unbranched alkanes of at least 4 members (excludes halogenated alkanes) is 4. The molecule has 3 heteroatoms. The van der Waals surface area contributed by atoms with E-state index in [1.807, 2.05) is 42.5 Å². The van der Waals surface area contributed by atoms with Crippen LogP contribution < -0.4 is 10.1 Å². The van der Waals surface area contributed by atoms with Crippen LogP contribution in [0.5, 0.6) is 5.75 Å². The molecule has 2 rings (SSSR count). The summed E-state index contributed by atoms with van der Waals surface area (Å²) in [6, 6.07) is 17.9. The molecular formula is C21H27NO2. The van der Waals surface area contributed by atoms with E-state index in [2.05, 4.69) is 17.4 Å². The summed E-state index contributed by atoms with van der Waals surface area (Å²) in [7, 11) is 1.70. The standard InChI is InChI=1S/C21H27NO2/c1-24-20-15-10-12-18(17-20)11-6-3-2-4-9-16-21(23)22-19-13-7-5-8-14-19/h5,7-8,10,12-15,17H,2-4,6,9,11,16H2,1H3,(H,22,23). The Morgan fingerprint density at radius 1 is 0.917 bits per heavy atom. The van der Waals surface area contributed by atoms with Gasteiger partial charge in [0.05, 0.1) is 7.11 Å². The maximum atomic E-state index is 11.8. The summed E-state index contributed by atoms with van der Waals surface area (Å²) in [5.74, 6) is 1.04. The lowest BCUT2D eigenvalue weighted by atomic mass is 10.0. The summed E-state index contributed by atoms with van der Waals surface area (Å²) in [4.78, 5) is 11.8. The summed E-state index contributed by atoms with van der Waals surface area (Å²) in [5.41, 5.74) is 2.21. The summed E-state index contributed by atoms with van der Waals surface area (Å²) in [6.07, 6.45) is 7.33. The van der Waals surface area contributed by atoms with Gasteiger partial charge in [-0.15, -0.1) is 0 Å². The second-order valence-corrected chi connectivity index (χ2v) is 6.03. The number of rotatable bonds is 10. The molecule has 0 heterocycles. The number of carbonyl (C=O) groups is 1. The SMILES string of the molecule is COc1cccc(CCCCCCCC(=O)Nc2ccccc2)c1. The number of para-hydroxylation sites is 1. The maximum absolute atomic E-state index is 11.8. The van der Waals surface area contributed by atoms with E-state index in [-0.39, 0.29) is 5.91 Å². The molecule has 2 aromatic rings. The average molecular weight is 325 g/mol. The van der Waals surface area contributed by atoms with Gasteiger partial charge in [-0.25, -0.2) is 0 Å². The highest BCUT2D eigenvalue weighted by atomic mass is 16.5. The predicted molar refractivity (Wildman–Crippen MR) is 99.5 cm³/mol. The highest BCUT2D eigenvalue weighted by Gasteiger charge is 2.02.